The summed E-state index contributed by atoms with van der Waals surface area (Å²) >= 11 is 0. The van der Waals surface area contributed by atoms with Crippen molar-refractivity contribution in [1.82, 2.24) is 58.8 Å². The third-order valence-corrected chi connectivity index (χ3v) is 21.6. The molecule has 33 nitrogen and oxygen atoms in total. The van der Waals surface area contributed by atoms with Crippen molar-refractivity contribution in [2.24, 2.45) is 115 Å². The van der Waals surface area contributed by atoms with Crippen LogP contribution >= 0.6 is 0 Å². The molecular weight excluding hydrogens is 1560 g/mol. The van der Waals surface area contributed by atoms with Gasteiger partial charge in [-0.15, -0.1) is 0 Å². The molecule has 0 aliphatic carbocycles. The number of hydrogen-bond donors (Lipinski definition) is 20. The van der Waals surface area contributed by atoms with Crippen molar-refractivity contribution in [3.63, 3.8) is 0 Å². The molecule has 0 rings (SSSR count). The van der Waals surface area contributed by atoms with E-state index in [1.54, 1.807) is 6.07 Å². The number of nitriles is 1. The van der Waals surface area contributed by atoms with E-state index >= 15 is 0 Å². The monoisotopic (exact) mass is 1780 g/mol. The maximum absolute atomic E-state index is 7.51. The van der Waals surface area contributed by atoms with E-state index in [2.05, 4.69) is 93.1 Å². The van der Waals surface area contributed by atoms with Gasteiger partial charge in [0.25, 0.3) is 0 Å². The Morgan fingerprint density at radius 2 is 0.226 bits per heavy atom. The maximum atomic E-state index is 7.51. The highest BCUT2D eigenvalue weighted by molar-refractivity contribution is 4.93. The summed E-state index contributed by atoms with van der Waals surface area (Å²) in [5.74, 6) is 0. The van der Waals surface area contributed by atoms with Crippen LogP contribution in [0.25, 0.3) is 0 Å². The first-order valence-electron chi connectivity index (χ1n) is 50.3. The highest BCUT2D eigenvalue weighted by atomic mass is 15.2. The minimum Gasteiger partial charge on any atom is -0.330 e. The lowest BCUT2D eigenvalue weighted by molar-refractivity contribution is 0.211. The lowest BCUT2D eigenvalue weighted by Crippen LogP contribution is -2.35. The van der Waals surface area contributed by atoms with E-state index in [1.165, 1.54) is 110 Å². The summed E-state index contributed by atoms with van der Waals surface area (Å²) in [5.41, 5.74) is 111. The van der Waals surface area contributed by atoms with Crippen molar-refractivity contribution in [3.05, 3.63) is 12.7 Å². The molecule has 0 aromatic carbocycles. The average Bonchev–Trinajstić information content (AvgIpc) is 0.990. The van der Waals surface area contributed by atoms with Crippen molar-refractivity contribution >= 4 is 0 Å². The Bertz CT molecular complexity index is 1490. The van der Waals surface area contributed by atoms with Gasteiger partial charge in [0, 0.05) is 6.08 Å². The van der Waals surface area contributed by atoms with Crippen molar-refractivity contribution in [3.8, 4) is 6.07 Å². The molecule has 0 saturated heterocycles. The molecule has 0 radical (unpaired) electrons. The van der Waals surface area contributed by atoms with Gasteiger partial charge in [0.1, 0.15) is 0 Å². The van der Waals surface area contributed by atoms with Crippen LogP contribution in [0.4, 0.5) is 0 Å². The molecule has 0 bridgehead atoms. The predicted octanol–water partition coefficient (Wildman–Crippen LogP) is 0.415. The molecule has 33 heteroatoms. The second kappa shape index (κ2) is 121. The zero-order valence-corrected chi connectivity index (χ0v) is 82.5. The van der Waals surface area contributed by atoms with Crippen LogP contribution in [0.2, 0.25) is 0 Å². The molecule has 0 aromatic heterocycles. The molecule has 40 N–H and O–H groups in total. The van der Waals surface area contributed by atoms with Gasteiger partial charge in [-0.2, -0.15) is 5.26 Å². The predicted molar refractivity (Wildman–Crippen MR) is 546 cm³/mol. The third-order valence-electron chi connectivity index (χ3n) is 21.6. The lowest BCUT2D eigenvalue weighted by Gasteiger charge is -2.26. The summed E-state index contributed by atoms with van der Waals surface area (Å²) in [7, 11) is 0. The zero-order valence-electron chi connectivity index (χ0n) is 82.5. The number of rotatable bonds is 90. The molecule has 124 heavy (non-hydrogen) atoms. The van der Waals surface area contributed by atoms with Gasteiger partial charge in [-0.05, 0) is 546 Å². The van der Waals surface area contributed by atoms with E-state index in [4.69, 9.17) is 120 Å². The molecule has 0 atom stereocenters. The smallest absolute Gasteiger partial charge is 0.0905 e. The fourth-order valence-corrected chi connectivity index (χ4v) is 14.2. The minimum atomic E-state index is 0.769. The Morgan fingerprint density at radius 1 is 0.153 bits per heavy atom. The van der Waals surface area contributed by atoms with Gasteiger partial charge in [0.05, 0.1) is 6.07 Å². The van der Waals surface area contributed by atoms with Gasteiger partial charge in [-0.1, -0.05) is 34.3 Å². The summed E-state index contributed by atoms with van der Waals surface area (Å²) in [4.78, 5) is 30.5. The van der Waals surface area contributed by atoms with Gasteiger partial charge < -0.3 is 173 Å². The number of nitrogens with zero attached hydrogens (tertiary/aromatic N) is 13. The van der Waals surface area contributed by atoms with Crippen molar-refractivity contribution < 1.29 is 0 Å². The summed E-state index contributed by atoms with van der Waals surface area (Å²) < 4.78 is 0. The molecule has 752 valence electrons. The summed E-state index contributed by atoms with van der Waals surface area (Å²) in [6.45, 7) is 68.2. The van der Waals surface area contributed by atoms with Crippen LogP contribution in [0.5, 0.6) is 0 Å². The van der Waals surface area contributed by atoms with Gasteiger partial charge in [0.2, 0.25) is 0 Å². The third kappa shape index (κ3) is 109. The van der Waals surface area contributed by atoms with Crippen LogP contribution in [0.3, 0.4) is 0 Å². The standard InChI is InChI=1S/4C20H49N7.2C4H12N2.C3H3N/c4*1-2-25(17-7-19-26(13-3-9-21)14-4-10-22)18-8-20-27(15-5-11-23)16-6-12-24;2*5-3-1-2-4-6;1-2-3-4/h4*2-24H2,1H3;2*1-6H2;2H,1H2. The summed E-state index contributed by atoms with van der Waals surface area (Å²) in [5, 5.41) is 7.51. The van der Waals surface area contributed by atoms with Gasteiger partial charge >= 0.3 is 0 Å². The molecule has 0 spiro atoms. The number of allylic oxidation sites excluding steroid dienone is 1. The van der Waals surface area contributed by atoms with Crippen LogP contribution in [0.15, 0.2) is 12.7 Å². The summed E-state index contributed by atoms with van der Waals surface area (Å²) in [6, 6.07) is 1.69. The number of unbranched alkanes of at least 4 members (excludes halogenated alkanes) is 2. The topological polar surface area (TPSA) is 583 Å². The van der Waals surface area contributed by atoms with Crippen LogP contribution in [0.1, 0.15) is 207 Å². The zero-order chi connectivity index (χ0) is 93.7. The van der Waals surface area contributed by atoms with E-state index in [0.29, 0.717) is 0 Å². The van der Waals surface area contributed by atoms with Crippen molar-refractivity contribution in [1.29, 1.82) is 5.26 Å². The molecule has 0 fully saturated rings. The fraction of sp³-hybridized carbons (Fsp3) is 0.967. The molecule has 0 unspecified atom stereocenters. The van der Waals surface area contributed by atoms with Gasteiger partial charge in [0.15, 0.2) is 0 Å². The highest BCUT2D eigenvalue weighted by Crippen LogP contribution is 2.08. The molecule has 0 amide bonds. The first kappa shape index (κ1) is 135. The van der Waals surface area contributed by atoms with Gasteiger partial charge in [-0.25, -0.2) is 0 Å². The largest absolute Gasteiger partial charge is 0.330 e. The molecular formula is C91H223N33. The number of hydrogen-bond acceptors (Lipinski definition) is 33. The van der Waals surface area contributed by atoms with E-state index in [0.717, 1.165) is 443 Å². The molecule has 0 heterocycles. The van der Waals surface area contributed by atoms with Crippen LogP contribution in [0, 0.1) is 11.3 Å². The molecule has 0 aromatic rings. The van der Waals surface area contributed by atoms with Crippen LogP contribution < -0.4 is 115 Å². The quantitative estimate of drug-likeness (QED) is 0.0290. The van der Waals surface area contributed by atoms with Gasteiger partial charge in [-0.3, -0.25) is 0 Å². The highest BCUT2D eigenvalue weighted by Gasteiger charge is 2.15. The minimum absolute atomic E-state index is 0.769. The van der Waals surface area contributed by atoms with E-state index in [1.807, 2.05) is 0 Å². The SMILES string of the molecule is C=CC#N.CCN(CCCN(CCCN)CCCN)CCCN(CCCN)CCCN.CCN(CCCN(CCCN)CCCN)CCCN(CCCN)CCCN.CCN(CCCN(CCCN)CCCN)CCCN(CCCN)CCCN.CCN(CCCN(CCCN)CCCN)CCCN(CCCN)CCCN.NCCCCN.NCCCCN. The Balaban J connectivity index is -0.000000277. The average molecular weight is 1780 g/mol. The summed E-state index contributed by atoms with van der Waals surface area (Å²) in [6.07, 6.45) is 32.3. The maximum Gasteiger partial charge on any atom is 0.0905 e. The van der Waals surface area contributed by atoms with E-state index < -0.39 is 0 Å². The second-order valence-corrected chi connectivity index (χ2v) is 32.5. The van der Waals surface area contributed by atoms with E-state index in [9.17, 15) is 0 Å². The number of nitrogens with two attached hydrogens (primary N) is 20. The first-order chi connectivity index (χ1) is 60.6. The molecule has 0 aliphatic rings. The Hall–Kier alpha value is -2.05. The normalized spacial score (nSPS) is 11.4. The van der Waals surface area contributed by atoms with Crippen LogP contribution in [-0.2, 0) is 0 Å². The van der Waals surface area contributed by atoms with E-state index in [-0.39, 0.29) is 0 Å². The van der Waals surface area contributed by atoms with Crippen molar-refractivity contribution in [2.45, 2.75) is 207 Å². The Labute approximate surface area is 767 Å². The molecule has 0 saturated carbocycles. The second-order valence-electron chi connectivity index (χ2n) is 32.5. The Morgan fingerprint density at radius 3 is 0.290 bits per heavy atom. The molecule has 0 aliphatic heterocycles. The lowest BCUT2D eigenvalue weighted by atomic mass is 10.2. The first-order valence-corrected chi connectivity index (χ1v) is 50.3. The fourth-order valence-electron chi connectivity index (χ4n) is 14.2. The Kier molecular flexibility index (Phi) is 132. The van der Waals surface area contributed by atoms with Crippen molar-refractivity contribution in [2.75, 3.05) is 367 Å². The van der Waals surface area contributed by atoms with Crippen LogP contribution in [-0.4, -0.2) is 425 Å².